The highest BCUT2D eigenvalue weighted by molar-refractivity contribution is 7.80. The Hall–Kier alpha value is -2.27. The molecule has 3 rings (SSSR count). The molecule has 0 aliphatic rings. The van der Waals surface area contributed by atoms with E-state index in [-0.39, 0.29) is 0 Å². The lowest BCUT2D eigenvalue weighted by atomic mass is 10.2. The van der Waals surface area contributed by atoms with Crippen molar-refractivity contribution in [2.75, 3.05) is 7.11 Å². The van der Waals surface area contributed by atoms with Gasteiger partial charge in [0.05, 0.1) is 17.2 Å². The molecule has 0 fully saturated rings. The predicted molar refractivity (Wildman–Crippen MR) is 119 cm³/mol. The highest BCUT2D eigenvalue weighted by Crippen LogP contribution is 2.23. The van der Waals surface area contributed by atoms with Crippen LogP contribution in [0.15, 0.2) is 66.7 Å². The molecule has 0 unspecified atom stereocenters. The average Bonchev–Trinajstić information content (AvgIpc) is 2.73. The molecule has 0 radical (unpaired) electrons. The molecule has 3 aromatic carbocycles. The van der Waals surface area contributed by atoms with E-state index in [9.17, 15) is 0 Å². The van der Waals surface area contributed by atoms with Gasteiger partial charge in [-0.25, -0.2) is 0 Å². The summed E-state index contributed by atoms with van der Waals surface area (Å²) in [6.45, 7) is 1.01. The number of ether oxygens (including phenoxy) is 2. The van der Waals surface area contributed by atoms with Gasteiger partial charge in [-0.05, 0) is 47.5 Å². The molecule has 0 aliphatic carbocycles. The first-order chi connectivity index (χ1) is 13.5. The number of rotatable bonds is 7. The predicted octanol–water partition coefficient (Wildman–Crippen LogP) is 6.05. The minimum Gasteiger partial charge on any atom is -0.497 e. The van der Waals surface area contributed by atoms with Gasteiger partial charge in [0.25, 0.3) is 0 Å². The van der Waals surface area contributed by atoms with E-state index in [2.05, 4.69) is 5.32 Å². The van der Waals surface area contributed by atoms with Gasteiger partial charge >= 0.3 is 0 Å². The van der Waals surface area contributed by atoms with Gasteiger partial charge < -0.3 is 14.8 Å². The van der Waals surface area contributed by atoms with Crippen LogP contribution in [0.25, 0.3) is 0 Å². The first-order valence-corrected chi connectivity index (χ1v) is 9.79. The minimum absolute atomic E-state index is 0.393. The van der Waals surface area contributed by atoms with E-state index in [0.717, 1.165) is 28.2 Å². The number of nitrogens with one attached hydrogen (secondary N) is 1. The summed E-state index contributed by atoms with van der Waals surface area (Å²) in [6.07, 6.45) is 0. The summed E-state index contributed by atoms with van der Waals surface area (Å²) >= 11 is 17.5. The average molecular weight is 432 g/mol. The highest BCUT2D eigenvalue weighted by atomic mass is 35.5. The standard InChI is InChI=1S/C22H19Cl2NO2S/c1-26-18-6-2-4-15(10-18)13-25-22(28)17-5-3-7-19(12-17)27-14-16-8-9-20(23)21(24)11-16/h2-12H,13-14H2,1H3,(H,25,28). The number of halogens is 2. The first-order valence-electron chi connectivity index (χ1n) is 8.63. The summed E-state index contributed by atoms with van der Waals surface area (Å²) in [5.74, 6) is 1.55. The van der Waals surface area contributed by atoms with E-state index in [1.54, 1.807) is 19.2 Å². The second-order valence-corrected chi connectivity index (χ2v) is 7.32. The van der Waals surface area contributed by atoms with Crippen molar-refractivity contribution in [2.45, 2.75) is 13.2 Å². The third-order valence-electron chi connectivity index (χ3n) is 4.07. The lowest BCUT2D eigenvalue weighted by molar-refractivity contribution is 0.306. The first kappa shape index (κ1) is 20.5. The Kier molecular flexibility index (Phi) is 7.15. The molecule has 144 valence electrons. The van der Waals surface area contributed by atoms with Gasteiger partial charge in [-0.15, -0.1) is 0 Å². The number of benzene rings is 3. The second-order valence-electron chi connectivity index (χ2n) is 6.10. The highest BCUT2D eigenvalue weighted by Gasteiger charge is 2.05. The van der Waals surface area contributed by atoms with Crippen molar-refractivity contribution in [3.05, 3.63) is 93.5 Å². The zero-order chi connectivity index (χ0) is 19.9. The van der Waals surface area contributed by atoms with Crippen molar-refractivity contribution >= 4 is 40.4 Å². The Bertz CT molecular complexity index is 978. The van der Waals surface area contributed by atoms with E-state index in [1.165, 1.54) is 0 Å². The number of hydrogen-bond acceptors (Lipinski definition) is 3. The maximum atomic E-state index is 6.05. The summed E-state index contributed by atoms with van der Waals surface area (Å²) in [7, 11) is 1.65. The summed E-state index contributed by atoms with van der Waals surface area (Å²) in [6, 6.07) is 21.0. The third-order valence-corrected chi connectivity index (χ3v) is 5.19. The van der Waals surface area contributed by atoms with Crippen LogP contribution in [0, 0.1) is 0 Å². The van der Waals surface area contributed by atoms with Crippen LogP contribution in [-0.2, 0) is 13.2 Å². The quantitative estimate of drug-likeness (QED) is 0.461. The molecule has 0 spiro atoms. The second kappa shape index (κ2) is 9.78. The normalized spacial score (nSPS) is 10.4. The molecule has 0 aliphatic heterocycles. The summed E-state index contributed by atoms with van der Waals surface area (Å²) in [5.41, 5.74) is 2.93. The molecule has 0 amide bonds. The molecule has 1 N–H and O–H groups in total. The fourth-order valence-corrected chi connectivity index (χ4v) is 3.11. The van der Waals surface area contributed by atoms with Crippen molar-refractivity contribution in [2.24, 2.45) is 0 Å². The Labute approximate surface area is 180 Å². The molecule has 0 aromatic heterocycles. The Morgan fingerprint density at radius 1 is 0.893 bits per heavy atom. The molecular formula is C22H19Cl2NO2S. The van der Waals surface area contributed by atoms with E-state index in [4.69, 9.17) is 44.9 Å². The Morgan fingerprint density at radius 2 is 1.68 bits per heavy atom. The van der Waals surface area contributed by atoms with E-state index < -0.39 is 0 Å². The minimum atomic E-state index is 0.393. The molecule has 0 heterocycles. The van der Waals surface area contributed by atoms with Crippen LogP contribution in [-0.4, -0.2) is 12.1 Å². The fraction of sp³-hybridized carbons (Fsp3) is 0.136. The van der Waals surface area contributed by atoms with E-state index >= 15 is 0 Å². The zero-order valence-electron chi connectivity index (χ0n) is 15.2. The van der Waals surface area contributed by atoms with E-state index in [1.807, 2.05) is 54.6 Å². The van der Waals surface area contributed by atoms with Gasteiger partial charge in [-0.3, -0.25) is 0 Å². The van der Waals surface area contributed by atoms with Gasteiger partial charge in [-0.2, -0.15) is 0 Å². The summed E-state index contributed by atoms with van der Waals surface area (Å²) < 4.78 is 11.1. The number of methoxy groups -OCH3 is 1. The van der Waals surface area contributed by atoms with Gasteiger partial charge in [0.2, 0.25) is 0 Å². The van der Waals surface area contributed by atoms with Crippen LogP contribution in [0.1, 0.15) is 16.7 Å². The lowest BCUT2D eigenvalue weighted by Crippen LogP contribution is -2.21. The molecule has 0 saturated heterocycles. The number of thiocarbonyl (C=S) groups is 1. The van der Waals surface area contributed by atoms with Gasteiger partial charge in [0, 0.05) is 12.1 Å². The van der Waals surface area contributed by atoms with Crippen LogP contribution >= 0.6 is 35.4 Å². The lowest BCUT2D eigenvalue weighted by Gasteiger charge is -2.11. The van der Waals surface area contributed by atoms with Crippen molar-refractivity contribution in [3.63, 3.8) is 0 Å². The number of hydrogen-bond donors (Lipinski definition) is 1. The maximum Gasteiger partial charge on any atom is 0.120 e. The van der Waals surface area contributed by atoms with Crippen LogP contribution < -0.4 is 14.8 Å². The van der Waals surface area contributed by atoms with Crippen LogP contribution in [0.2, 0.25) is 10.0 Å². The third kappa shape index (κ3) is 5.61. The van der Waals surface area contributed by atoms with Gasteiger partial charge in [-0.1, -0.05) is 65.8 Å². The monoisotopic (exact) mass is 431 g/mol. The fourth-order valence-electron chi connectivity index (χ4n) is 2.59. The molecular weight excluding hydrogens is 413 g/mol. The maximum absolute atomic E-state index is 6.05. The Morgan fingerprint density at radius 3 is 2.46 bits per heavy atom. The molecule has 3 nitrogen and oxygen atoms in total. The van der Waals surface area contributed by atoms with Crippen molar-refractivity contribution in [3.8, 4) is 11.5 Å². The molecule has 6 heteroatoms. The van der Waals surface area contributed by atoms with Crippen molar-refractivity contribution < 1.29 is 9.47 Å². The molecule has 3 aromatic rings. The summed E-state index contributed by atoms with van der Waals surface area (Å²) in [4.78, 5) is 0.655. The van der Waals surface area contributed by atoms with Crippen LogP contribution in [0.5, 0.6) is 11.5 Å². The van der Waals surface area contributed by atoms with E-state index in [0.29, 0.717) is 28.2 Å². The van der Waals surface area contributed by atoms with Gasteiger partial charge in [0.15, 0.2) is 0 Å². The smallest absolute Gasteiger partial charge is 0.120 e. The van der Waals surface area contributed by atoms with Gasteiger partial charge in [0.1, 0.15) is 23.1 Å². The van der Waals surface area contributed by atoms with Crippen molar-refractivity contribution in [1.29, 1.82) is 0 Å². The summed E-state index contributed by atoms with van der Waals surface area (Å²) in [5, 5.41) is 4.31. The topological polar surface area (TPSA) is 30.5 Å². The zero-order valence-corrected chi connectivity index (χ0v) is 17.6. The van der Waals surface area contributed by atoms with Crippen LogP contribution in [0.4, 0.5) is 0 Å². The molecule has 0 saturated carbocycles. The van der Waals surface area contributed by atoms with Crippen molar-refractivity contribution in [1.82, 2.24) is 5.32 Å². The Balaban J connectivity index is 1.60. The molecule has 28 heavy (non-hydrogen) atoms. The molecule has 0 atom stereocenters. The SMILES string of the molecule is COc1cccc(CNC(=S)c2cccc(OCc3ccc(Cl)c(Cl)c3)c2)c1. The molecule has 0 bridgehead atoms. The largest absolute Gasteiger partial charge is 0.497 e. The van der Waals surface area contributed by atoms with Crippen LogP contribution in [0.3, 0.4) is 0 Å².